The number of carbonyl (C=O) groups is 1. The maximum absolute atomic E-state index is 13.5. The van der Waals surface area contributed by atoms with E-state index in [1.54, 1.807) is 12.1 Å². The number of amides is 1. The van der Waals surface area contributed by atoms with Gasteiger partial charge in [-0.05, 0) is 25.1 Å². The van der Waals surface area contributed by atoms with Crippen molar-refractivity contribution in [1.29, 1.82) is 0 Å². The average Bonchev–Trinajstić information content (AvgIpc) is 2.47. The fourth-order valence-electron chi connectivity index (χ4n) is 1.86. The predicted molar refractivity (Wildman–Crippen MR) is 75.2 cm³/mol. The molecule has 0 unspecified atom stereocenters. The Kier molecular flexibility index (Phi) is 4.71. The molecule has 0 fully saturated rings. The third kappa shape index (κ3) is 3.35. The molecule has 1 amide bonds. The zero-order valence-corrected chi connectivity index (χ0v) is 11.2. The van der Waals surface area contributed by atoms with Crippen molar-refractivity contribution in [2.75, 3.05) is 6.61 Å². The van der Waals surface area contributed by atoms with Gasteiger partial charge in [-0.3, -0.25) is 4.79 Å². The van der Waals surface area contributed by atoms with Crippen molar-refractivity contribution < 1.29 is 13.9 Å². The Morgan fingerprint density at radius 1 is 1.15 bits per heavy atom. The van der Waals surface area contributed by atoms with Crippen LogP contribution in [-0.2, 0) is 6.54 Å². The standard InChI is InChI=1S/C16H16FNO2/c1-2-20-15-10-6-3-7-12(15)11-18-16(19)13-8-4-5-9-14(13)17/h3-10H,2,11H2,1H3,(H,18,19). The van der Waals surface area contributed by atoms with Gasteiger partial charge >= 0.3 is 0 Å². The highest BCUT2D eigenvalue weighted by Crippen LogP contribution is 2.17. The normalized spacial score (nSPS) is 10.1. The molecule has 0 bridgehead atoms. The molecule has 4 heteroatoms. The Hall–Kier alpha value is -2.36. The molecule has 0 saturated heterocycles. The molecular weight excluding hydrogens is 257 g/mol. The topological polar surface area (TPSA) is 38.3 Å². The van der Waals surface area contributed by atoms with Gasteiger partial charge in [-0.25, -0.2) is 4.39 Å². The van der Waals surface area contributed by atoms with Gasteiger partial charge in [-0.2, -0.15) is 0 Å². The van der Waals surface area contributed by atoms with E-state index in [0.717, 1.165) is 11.3 Å². The van der Waals surface area contributed by atoms with Crippen molar-refractivity contribution in [3.63, 3.8) is 0 Å². The second-order valence-corrected chi connectivity index (χ2v) is 4.20. The second-order valence-electron chi connectivity index (χ2n) is 4.20. The lowest BCUT2D eigenvalue weighted by Gasteiger charge is -2.11. The van der Waals surface area contributed by atoms with Gasteiger partial charge in [0.1, 0.15) is 11.6 Å². The molecule has 0 atom stereocenters. The molecule has 1 N–H and O–H groups in total. The summed E-state index contributed by atoms with van der Waals surface area (Å²) in [5, 5.41) is 2.70. The first-order valence-corrected chi connectivity index (χ1v) is 6.45. The highest BCUT2D eigenvalue weighted by Gasteiger charge is 2.11. The minimum absolute atomic E-state index is 0.0430. The zero-order valence-electron chi connectivity index (χ0n) is 11.2. The van der Waals surface area contributed by atoms with E-state index in [9.17, 15) is 9.18 Å². The minimum atomic E-state index is -0.525. The Balaban J connectivity index is 2.06. The molecule has 0 aliphatic rings. The van der Waals surface area contributed by atoms with Crippen LogP contribution in [0.25, 0.3) is 0 Å². The van der Waals surface area contributed by atoms with E-state index in [-0.39, 0.29) is 5.56 Å². The number of carbonyl (C=O) groups excluding carboxylic acids is 1. The highest BCUT2D eigenvalue weighted by atomic mass is 19.1. The third-order valence-electron chi connectivity index (χ3n) is 2.83. The van der Waals surface area contributed by atoms with Crippen LogP contribution >= 0.6 is 0 Å². The van der Waals surface area contributed by atoms with Crippen molar-refractivity contribution in [3.8, 4) is 5.75 Å². The van der Waals surface area contributed by atoms with E-state index in [1.165, 1.54) is 12.1 Å². The zero-order chi connectivity index (χ0) is 14.4. The summed E-state index contributed by atoms with van der Waals surface area (Å²) in [6.45, 7) is 2.75. The Labute approximate surface area is 117 Å². The first kappa shape index (κ1) is 14.1. The van der Waals surface area contributed by atoms with E-state index in [1.807, 2.05) is 31.2 Å². The van der Waals surface area contributed by atoms with Crippen LogP contribution in [0.3, 0.4) is 0 Å². The molecule has 2 aromatic rings. The smallest absolute Gasteiger partial charge is 0.254 e. The summed E-state index contributed by atoms with van der Waals surface area (Å²) in [7, 11) is 0. The second kappa shape index (κ2) is 6.70. The molecule has 104 valence electrons. The summed E-state index contributed by atoms with van der Waals surface area (Å²) in [4.78, 5) is 11.9. The predicted octanol–water partition coefficient (Wildman–Crippen LogP) is 3.15. The third-order valence-corrected chi connectivity index (χ3v) is 2.83. The molecular formula is C16H16FNO2. The minimum Gasteiger partial charge on any atom is -0.494 e. The summed E-state index contributed by atoms with van der Waals surface area (Å²) in [6.07, 6.45) is 0. The van der Waals surface area contributed by atoms with Crippen LogP contribution in [0.2, 0.25) is 0 Å². The van der Waals surface area contributed by atoms with Crippen LogP contribution in [0.1, 0.15) is 22.8 Å². The van der Waals surface area contributed by atoms with E-state index < -0.39 is 11.7 Å². The van der Waals surface area contributed by atoms with Crippen molar-refractivity contribution >= 4 is 5.91 Å². The van der Waals surface area contributed by atoms with Gasteiger partial charge in [0.2, 0.25) is 0 Å². The molecule has 3 nitrogen and oxygen atoms in total. The van der Waals surface area contributed by atoms with Crippen LogP contribution in [0.15, 0.2) is 48.5 Å². The lowest BCUT2D eigenvalue weighted by atomic mass is 10.1. The fourth-order valence-corrected chi connectivity index (χ4v) is 1.86. The monoisotopic (exact) mass is 273 g/mol. The number of hydrogen-bond donors (Lipinski definition) is 1. The van der Waals surface area contributed by atoms with E-state index in [4.69, 9.17) is 4.74 Å². The van der Waals surface area contributed by atoms with Crippen LogP contribution in [0.5, 0.6) is 5.75 Å². The van der Waals surface area contributed by atoms with Crippen LogP contribution < -0.4 is 10.1 Å². The van der Waals surface area contributed by atoms with Gasteiger partial charge in [0.05, 0.1) is 12.2 Å². The number of nitrogens with one attached hydrogen (secondary N) is 1. The Morgan fingerprint density at radius 3 is 2.60 bits per heavy atom. The molecule has 0 heterocycles. The highest BCUT2D eigenvalue weighted by molar-refractivity contribution is 5.94. The van der Waals surface area contributed by atoms with Gasteiger partial charge < -0.3 is 10.1 Å². The molecule has 0 aliphatic heterocycles. The van der Waals surface area contributed by atoms with Crippen molar-refractivity contribution in [2.24, 2.45) is 0 Å². The Morgan fingerprint density at radius 2 is 1.85 bits per heavy atom. The van der Waals surface area contributed by atoms with Crippen LogP contribution in [0.4, 0.5) is 4.39 Å². The van der Waals surface area contributed by atoms with Crippen LogP contribution in [-0.4, -0.2) is 12.5 Å². The molecule has 0 spiro atoms. The van der Waals surface area contributed by atoms with Gasteiger partial charge in [0.15, 0.2) is 0 Å². The van der Waals surface area contributed by atoms with Gasteiger partial charge in [-0.1, -0.05) is 30.3 Å². The number of hydrogen-bond acceptors (Lipinski definition) is 2. The number of rotatable bonds is 5. The van der Waals surface area contributed by atoms with Crippen molar-refractivity contribution in [1.82, 2.24) is 5.32 Å². The molecule has 20 heavy (non-hydrogen) atoms. The summed E-state index contributed by atoms with van der Waals surface area (Å²) >= 11 is 0. The molecule has 0 aromatic heterocycles. The van der Waals surface area contributed by atoms with Crippen LogP contribution in [0, 0.1) is 5.82 Å². The maximum Gasteiger partial charge on any atom is 0.254 e. The summed E-state index contributed by atoms with van der Waals surface area (Å²) in [6, 6.07) is 13.4. The first-order valence-electron chi connectivity index (χ1n) is 6.45. The number of benzene rings is 2. The largest absolute Gasteiger partial charge is 0.494 e. The molecule has 0 radical (unpaired) electrons. The summed E-state index contributed by atoms with van der Waals surface area (Å²) < 4.78 is 19.0. The van der Waals surface area contributed by atoms with E-state index in [0.29, 0.717) is 13.2 Å². The molecule has 2 rings (SSSR count). The molecule has 0 aliphatic carbocycles. The van der Waals surface area contributed by atoms with Crippen molar-refractivity contribution in [2.45, 2.75) is 13.5 Å². The van der Waals surface area contributed by atoms with Crippen molar-refractivity contribution in [3.05, 3.63) is 65.5 Å². The summed E-state index contributed by atoms with van der Waals surface area (Å²) in [5.41, 5.74) is 0.903. The molecule has 2 aromatic carbocycles. The number of para-hydroxylation sites is 1. The molecule has 0 saturated carbocycles. The average molecular weight is 273 g/mol. The van der Waals surface area contributed by atoms with E-state index in [2.05, 4.69) is 5.32 Å². The first-order chi connectivity index (χ1) is 9.72. The van der Waals surface area contributed by atoms with Gasteiger partial charge in [-0.15, -0.1) is 0 Å². The lowest BCUT2D eigenvalue weighted by Crippen LogP contribution is -2.24. The SMILES string of the molecule is CCOc1ccccc1CNC(=O)c1ccccc1F. The van der Waals surface area contributed by atoms with Gasteiger partial charge in [0.25, 0.3) is 5.91 Å². The number of ether oxygens (including phenoxy) is 1. The number of halogens is 1. The fraction of sp³-hybridized carbons (Fsp3) is 0.188. The Bertz CT molecular complexity index is 599. The van der Waals surface area contributed by atoms with Gasteiger partial charge in [0, 0.05) is 12.1 Å². The lowest BCUT2D eigenvalue weighted by molar-refractivity contribution is 0.0946. The summed E-state index contributed by atoms with van der Waals surface area (Å²) in [5.74, 6) is -0.235. The maximum atomic E-state index is 13.5. The quantitative estimate of drug-likeness (QED) is 0.908. The van der Waals surface area contributed by atoms with E-state index >= 15 is 0 Å².